The molecule has 14 heavy (non-hydrogen) atoms. The van der Waals surface area contributed by atoms with Gasteiger partial charge in [-0.2, -0.15) is 18.3 Å². The van der Waals surface area contributed by atoms with Crippen LogP contribution in [0.1, 0.15) is 12.0 Å². The van der Waals surface area contributed by atoms with Crippen LogP contribution in [0.25, 0.3) is 0 Å². The van der Waals surface area contributed by atoms with Gasteiger partial charge in [-0.05, 0) is 6.07 Å². The summed E-state index contributed by atoms with van der Waals surface area (Å²) in [5.41, 5.74) is -1.54. The predicted molar refractivity (Wildman–Crippen MR) is 33.4 cm³/mol. The fourth-order valence-corrected chi connectivity index (χ4v) is 0.842. The van der Waals surface area contributed by atoms with E-state index in [9.17, 15) is 26.3 Å². The van der Waals surface area contributed by atoms with E-state index in [1.807, 2.05) is 0 Å². The second kappa shape index (κ2) is 3.50. The number of rotatable bonds is 2. The summed E-state index contributed by atoms with van der Waals surface area (Å²) in [5.74, 6) is 0. The minimum absolute atomic E-state index is 0.384. The average Bonchev–Trinajstić information content (AvgIpc) is 2.48. The zero-order chi connectivity index (χ0) is 10.9. The summed E-state index contributed by atoms with van der Waals surface area (Å²) < 4.78 is 71.8. The van der Waals surface area contributed by atoms with Crippen LogP contribution in [0.3, 0.4) is 0 Å². The van der Waals surface area contributed by atoms with E-state index in [4.69, 9.17) is 0 Å². The van der Waals surface area contributed by atoms with Crippen molar-refractivity contribution in [2.75, 3.05) is 0 Å². The second-order valence-corrected chi connectivity index (χ2v) is 2.37. The summed E-state index contributed by atoms with van der Waals surface area (Å²) in [6.07, 6.45) is -10.9. The van der Waals surface area contributed by atoms with Gasteiger partial charge in [0.05, 0.1) is 0 Å². The van der Waals surface area contributed by atoms with Crippen molar-refractivity contribution in [3.63, 3.8) is 0 Å². The molecule has 0 aliphatic heterocycles. The van der Waals surface area contributed by atoms with Gasteiger partial charge in [0.2, 0.25) is 0 Å². The predicted octanol–water partition coefficient (Wildman–Crippen LogP) is 2.64. The van der Waals surface area contributed by atoms with E-state index < -0.39 is 24.6 Å². The van der Waals surface area contributed by atoms with Crippen LogP contribution in [0, 0.1) is 0 Å². The molecule has 0 saturated heterocycles. The third-order valence-corrected chi connectivity index (χ3v) is 1.40. The average molecular weight is 218 g/mol. The first-order chi connectivity index (χ1) is 6.34. The van der Waals surface area contributed by atoms with Gasteiger partial charge in [0.25, 0.3) is 12.7 Å². The Morgan fingerprint density at radius 3 is 2.21 bits per heavy atom. The van der Waals surface area contributed by atoms with Crippen molar-refractivity contribution in [3.8, 4) is 0 Å². The molecule has 1 aromatic heterocycles. The molecule has 0 radical (unpaired) electrons. The molecule has 1 rings (SSSR count). The minimum Gasteiger partial charge on any atom is -0.221 e. The Hall–Kier alpha value is -1.21. The number of hydrogen-bond acceptors (Lipinski definition) is 1. The number of halogens is 6. The number of alkyl halides is 6. The van der Waals surface area contributed by atoms with E-state index in [1.54, 1.807) is 0 Å². The van der Waals surface area contributed by atoms with Crippen LogP contribution in [0.2, 0.25) is 0 Å². The quantitative estimate of drug-likeness (QED) is 0.697. The topological polar surface area (TPSA) is 17.8 Å². The van der Waals surface area contributed by atoms with Crippen molar-refractivity contribution in [1.29, 1.82) is 0 Å². The Labute approximate surface area is 74.1 Å². The van der Waals surface area contributed by atoms with Gasteiger partial charge in [-0.3, -0.25) is 0 Å². The van der Waals surface area contributed by atoms with Crippen LogP contribution in [0.5, 0.6) is 0 Å². The Balaban J connectivity index is 3.05. The van der Waals surface area contributed by atoms with Crippen molar-refractivity contribution in [2.24, 2.45) is 0 Å². The summed E-state index contributed by atoms with van der Waals surface area (Å²) in [7, 11) is 0. The van der Waals surface area contributed by atoms with Crippen LogP contribution in [-0.2, 0) is 6.18 Å². The summed E-state index contributed by atoms with van der Waals surface area (Å²) in [5, 5.41) is 2.85. The SMILES string of the molecule is FC(F)C(F)n1nccc1C(F)(F)F. The van der Waals surface area contributed by atoms with Gasteiger partial charge in [0, 0.05) is 6.20 Å². The molecule has 1 aromatic rings. The van der Waals surface area contributed by atoms with Crippen LogP contribution in [-0.4, -0.2) is 16.2 Å². The smallest absolute Gasteiger partial charge is 0.221 e. The van der Waals surface area contributed by atoms with Crippen LogP contribution in [0.4, 0.5) is 26.3 Å². The molecular formula is C6H4F6N2. The molecule has 2 nitrogen and oxygen atoms in total. The first-order valence-corrected chi connectivity index (χ1v) is 3.37. The molecule has 80 valence electrons. The Morgan fingerprint density at radius 2 is 1.79 bits per heavy atom. The van der Waals surface area contributed by atoms with E-state index in [0.29, 0.717) is 12.3 Å². The van der Waals surface area contributed by atoms with Crippen molar-refractivity contribution in [1.82, 2.24) is 9.78 Å². The van der Waals surface area contributed by atoms with Crippen LogP contribution >= 0.6 is 0 Å². The van der Waals surface area contributed by atoms with Crippen molar-refractivity contribution in [2.45, 2.75) is 18.9 Å². The highest BCUT2D eigenvalue weighted by molar-refractivity contribution is 5.05. The summed E-state index contributed by atoms with van der Waals surface area (Å²) >= 11 is 0. The van der Waals surface area contributed by atoms with Crippen molar-refractivity contribution in [3.05, 3.63) is 18.0 Å². The molecular weight excluding hydrogens is 214 g/mol. The second-order valence-electron chi connectivity index (χ2n) is 2.37. The molecule has 0 bridgehead atoms. The van der Waals surface area contributed by atoms with Crippen molar-refractivity contribution < 1.29 is 26.3 Å². The van der Waals surface area contributed by atoms with E-state index in [2.05, 4.69) is 5.10 Å². The van der Waals surface area contributed by atoms with Crippen molar-refractivity contribution >= 4 is 0 Å². The maximum atomic E-state index is 12.5. The molecule has 1 unspecified atom stereocenters. The third kappa shape index (κ3) is 1.99. The lowest BCUT2D eigenvalue weighted by atomic mass is 10.4. The third-order valence-electron chi connectivity index (χ3n) is 1.40. The minimum atomic E-state index is -4.89. The first-order valence-electron chi connectivity index (χ1n) is 3.37. The highest BCUT2D eigenvalue weighted by Gasteiger charge is 2.38. The molecule has 1 atom stereocenters. The standard InChI is InChI=1S/C6H4F6N2/c7-4(8)5(9)14-3(1-2-13-14)6(10,11)12/h1-2,4-5H. The maximum absolute atomic E-state index is 12.5. The first kappa shape index (κ1) is 10.9. The molecule has 0 spiro atoms. The zero-order valence-corrected chi connectivity index (χ0v) is 6.47. The van der Waals surface area contributed by atoms with Gasteiger partial charge >= 0.3 is 6.18 Å². The lowest BCUT2D eigenvalue weighted by Gasteiger charge is -2.13. The Morgan fingerprint density at radius 1 is 1.21 bits per heavy atom. The number of aromatic nitrogens is 2. The largest absolute Gasteiger partial charge is 0.433 e. The fourth-order valence-electron chi connectivity index (χ4n) is 0.842. The fraction of sp³-hybridized carbons (Fsp3) is 0.500. The molecule has 0 amide bonds. The van der Waals surface area contributed by atoms with Gasteiger partial charge in [0.15, 0.2) is 0 Å². The molecule has 0 aliphatic rings. The zero-order valence-electron chi connectivity index (χ0n) is 6.47. The van der Waals surface area contributed by atoms with E-state index in [1.165, 1.54) is 0 Å². The lowest BCUT2D eigenvalue weighted by molar-refractivity contribution is -0.149. The van der Waals surface area contributed by atoms with Gasteiger partial charge in [-0.15, -0.1) is 0 Å². The molecule has 0 fully saturated rings. The molecule has 8 heteroatoms. The molecule has 0 aliphatic carbocycles. The number of hydrogen-bond donors (Lipinski definition) is 0. The number of nitrogens with zero attached hydrogens (tertiary/aromatic N) is 2. The summed E-state index contributed by atoms with van der Waals surface area (Å²) in [6, 6.07) is 0.426. The van der Waals surface area contributed by atoms with E-state index >= 15 is 0 Å². The molecule has 0 saturated carbocycles. The highest BCUT2D eigenvalue weighted by atomic mass is 19.4. The lowest BCUT2D eigenvalue weighted by Crippen LogP contribution is -2.21. The van der Waals surface area contributed by atoms with Gasteiger partial charge in [0.1, 0.15) is 5.69 Å². The molecule has 0 aromatic carbocycles. The Kier molecular flexibility index (Phi) is 2.72. The monoisotopic (exact) mass is 218 g/mol. The molecule has 0 N–H and O–H groups in total. The Bertz CT molecular complexity index is 304. The van der Waals surface area contributed by atoms with E-state index in [-0.39, 0.29) is 4.68 Å². The van der Waals surface area contributed by atoms with Gasteiger partial charge in [-0.1, -0.05) is 0 Å². The van der Waals surface area contributed by atoms with Crippen LogP contribution < -0.4 is 0 Å². The van der Waals surface area contributed by atoms with Gasteiger partial charge in [-0.25, -0.2) is 17.9 Å². The summed E-state index contributed by atoms with van der Waals surface area (Å²) in [6.45, 7) is 0. The van der Waals surface area contributed by atoms with E-state index in [0.717, 1.165) is 0 Å². The maximum Gasteiger partial charge on any atom is 0.433 e. The molecule has 1 heterocycles. The van der Waals surface area contributed by atoms with Gasteiger partial charge < -0.3 is 0 Å². The highest BCUT2D eigenvalue weighted by Crippen LogP contribution is 2.32. The van der Waals surface area contributed by atoms with Crippen LogP contribution in [0.15, 0.2) is 12.3 Å². The normalized spacial score (nSPS) is 14.8. The summed E-state index contributed by atoms with van der Waals surface area (Å²) in [4.78, 5) is 0.